The lowest BCUT2D eigenvalue weighted by Gasteiger charge is -2.05. The normalized spacial score (nSPS) is 10.9. The van der Waals surface area contributed by atoms with Gasteiger partial charge in [-0.1, -0.05) is 29.4 Å². The number of benzene rings is 2. The fourth-order valence-electron chi connectivity index (χ4n) is 2.66. The Balaban J connectivity index is 1.42. The van der Waals surface area contributed by atoms with Gasteiger partial charge in [0.2, 0.25) is 16.9 Å². The number of anilines is 1. The van der Waals surface area contributed by atoms with E-state index in [9.17, 15) is 9.18 Å². The third kappa shape index (κ3) is 4.44. The van der Waals surface area contributed by atoms with Gasteiger partial charge in [0, 0.05) is 16.3 Å². The monoisotopic (exact) mass is 443 g/mol. The first-order chi connectivity index (χ1) is 14.5. The average Bonchev–Trinajstić information content (AvgIpc) is 3.34. The lowest BCUT2D eigenvalue weighted by atomic mass is 10.1. The first-order valence-corrected chi connectivity index (χ1v) is 10.1. The SMILES string of the molecule is Nn1c(SCC(=O)Nc2cccc(Cl)c2)nnc1-c1cc(-c2ccc(F)cc2)n[nH]1. The van der Waals surface area contributed by atoms with Crippen molar-refractivity contribution in [3.63, 3.8) is 0 Å². The van der Waals surface area contributed by atoms with Crippen LogP contribution >= 0.6 is 23.4 Å². The molecular weight excluding hydrogens is 429 g/mol. The van der Waals surface area contributed by atoms with Crippen LogP contribution in [0, 0.1) is 5.82 Å². The standard InChI is InChI=1S/C19H15ClFN7OS/c20-12-2-1-3-14(8-12)23-17(29)10-30-19-27-26-18(28(19)22)16-9-15(24-25-16)11-4-6-13(21)7-5-11/h1-9H,10,22H2,(H,23,29)(H,24,25). The number of halogens is 2. The maximum atomic E-state index is 13.1. The molecule has 2 aromatic heterocycles. The maximum Gasteiger partial charge on any atom is 0.234 e. The molecule has 4 N–H and O–H groups in total. The first kappa shape index (κ1) is 19.9. The molecule has 0 saturated heterocycles. The van der Waals surface area contributed by atoms with E-state index in [-0.39, 0.29) is 17.5 Å². The summed E-state index contributed by atoms with van der Waals surface area (Å²) in [5, 5.41) is 18.8. The van der Waals surface area contributed by atoms with E-state index in [0.29, 0.717) is 33.1 Å². The Morgan fingerprint density at radius 1 is 1.20 bits per heavy atom. The fourth-order valence-corrected chi connectivity index (χ4v) is 3.50. The van der Waals surface area contributed by atoms with Crippen LogP contribution in [-0.4, -0.2) is 36.7 Å². The number of carbonyl (C=O) groups excluding carboxylic acids is 1. The Labute approximate surface area is 179 Å². The number of nitrogens with zero attached hydrogens (tertiary/aromatic N) is 4. The van der Waals surface area contributed by atoms with Crippen LogP contribution < -0.4 is 11.2 Å². The van der Waals surface area contributed by atoms with Crippen molar-refractivity contribution in [2.45, 2.75) is 5.16 Å². The fraction of sp³-hybridized carbons (Fsp3) is 0.0526. The van der Waals surface area contributed by atoms with Gasteiger partial charge in [-0.05, 0) is 48.5 Å². The van der Waals surface area contributed by atoms with Crippen molar-refractivity contribution in [1.29, 1.82) is 0 Å². The smallest absolute Gasteiger partial charge is 0.234 e. The number of aromatic nitrogens is 5. The van der Waals surface area contributed by atoms with Crippen molar-refractivity contribution >= 4 is 35.0 Å². The van der Waals surface area contributed by atoms with Crippen LogP contribution in [-0.2, 0) is 4.79 Å². The average molecular weight is 444 g/mol. The second kappa shape index (κ2) is 8.56. The van der Waals surface area contributed by atoms with Crippen molar-refractivity contribution in [1.82, 2.24) is 25.1 Å². The molecule has 0 aliphatic heterocycles. The lowest BCUT2D eigenvalue weighted by molar-refractivity contribution is -0.113. The Morgan fingerprint density at radius 3 is 2.77 bits per heavy atom. The lowest BCUT2D eigenvalue weighted by Crippen LogP contribution is -2.16. The van der Waals surface area contributed by atoms with Gasteiger partial charge in [0.15, 0.2) is 0 Å². The first-order valence-electron chi connectivity index (χ1n) is 8.70. The second-order valence-corrected chi connectivity index (χ2v) is 7.58. The summed E-state index contributed by atoms with van der Waals surface area (Å²) >= 11 is 7.05. The van der Waals surface area contributed by atoms with Crippen molar-refractivity contribution in [2.24, 2.45) is 0 Å². The van der Waals surface area contributed by atoms with E-state index in [1.807, 2.05) is 0 Å². The summed E-state index contributed by atoms with van der Waals surface area (Å²) in [6.07, 6.45) is 0. The number of amides is 1. The molecule has 4 rings (SSSR count). The van der Waals surface area contributed by atoms with Gasteiger partial charge >= 0.3 is 0 Å². The van der Waals surface area contributed by atoms with Gasteiger partial charge in [-0.2, -0.15) is 5.10 Å². The van der Waals surface area contributed by atoms with Crippen LogP contribution in [0.25, 0.3) is 22.8 Å². The second-order valence-electron chi connectivity index (χ2n) is 6.20. The molecule has 8 nitrogen and oxygen atoms in total. The molecule has 2 heterocycles. The highest BCUT2D eigenvalue weighted by molar-refractivity contribution is 7.99. The molecule has 4 aromatic rings. The van der Waals surface area contributed by atoms with Gasteiger partial charge in [-0.3, -0.25) is 9.89 Å². The Morgan fingerprint density at radius 2 is 2.00 bits per heavy atom. The predicted octanol–water partition coefficient (Wildman–Crippen LogP) is 3.57. The van der Waals surface area contributed by atoms with Gasteiger partial charge in [0.05, 0.1) is 11.4 Å². The van der Waals surface area contributed by atoms with Gasteiger partial charge in [-0.15, -0.1) is 10.2 Å². The minimum absolute atomic E-state index is 0.0889. The van der Waals surface area contributed by atoms with Crippen LogP contribution in [0.2, 0.25) is 5.02 Å². The highest BCUT2D eigenvalue weighted by atomic mass is 35.5. The summed E-state index contributed by atoms with van der Waals surface area (Å²) in [6.45, 7) is 0. The summed E-state index contributed by atoms with van der Waals surface area (Å²) in [5.41, 5.74) is 2.51. The van der Waals surface area contributed by atoms with E-state index in [2.05, 4.69) is 25.7 Å². The summed E-state index contributed by atoms with van der Waals surface area (Å²) in [4.78, 5) is 12.2. The van der Waals surface area contributed by atoms with Gasteiger partial charge in [0.25, 0.3) is 0 Å². The van der Waals surface area contributed by atoms with E-state index in [0.717, 1.165) is 17.3 Å². The molecule has 152 valence electrons. The number of nitrogens with one attached hydrogen (secondary N) is 2. The van der Waals surface area contributed by atoms with Crippen molar-refractivity contribution in [3.8, 4) is 22.8 Å². The number of rotatable bonds is 6. The largest absolute Gasteiger partial charge is 0.335 e. The highest BCUT2D eigenvalue weighted by Crippen LogP contribution is 2.25. The molecule has 0 spiro atoms. The van der Waals surface area contributed by atoms with E-state index < -0.39 is 0 Å². The zero-order valence-electron chi connectivity index (χ0n) is 15.3. The minimum atomic E-state index is -0.322. The minimum Gasteiger partial charge on any atom is -0.335 e. The zero-order valence-corrected chi connectivity index (χ0v) is 16.9. The van der Waals surface area contributed by atoms with E-state index in [1.54, 1.807) is 42.5 Å². The summed E-state index contributed by atoms with van der Waals surface area (Å²) in [6, 6.07) is 14.6. The molecule has 0 radical (unpaired) electrons. The Bertz CT molecular complexity index is 1190. The predicted molar refractivity (Wildman–Crippen MR) is 114 cm³/mol. The molecule has 0 atom stereocenters. The quantitative estimate of drug-likeness (QED) is 0.310. The number of nitrogens with two attached hydrogens (primary N) is 1. The Kier molecular flexibility index (Phi) is 5.68. The molecule has 11 heteroatoms. The summed E-state index contributed by atoms with van der Waals surface area (Å²) < 4.78 is 14.4. The molecule has 30 heavy (non-hydrogen) atoms. The summed E-state index contributed by atoms with van der Waals surface area (Å²) in [5.74, 6) is 5.98. The maximum absolute atomic E-state index is 13.1. The molecule has 0 saturated carbocycles. The number of hydrogen-bond donors (Lipinski definition) is 3. The van der Waals surface area contributed by atoms with Gasteiger partial charge < -0.3 is 11.2 Å². The van der Waals surface area contributed by atoms with E-state index >= 15 is 0 Å². The van der Waals surface area contributed by atoms with Crippen molar-refractivity contribution in [3.05, 3.63) is 65.4 Å². The number of aromatic amines is 1. The Hall–Kier alpha value is -3.37. The van der Waals surface area contributed by atoms with Crippen molar-refractivity contribution in [2.75, 3.05) is 16.9 Å². The summed E-state index contributed by atoms with van der Waals surface area (Å²) in [7, 11) is 0. The molecule has 0 bridgehead atoms. The number of nitrogen functional groups attached to an aromatic ring is 1. The highest BCUT2D eigenvalue weighted by Gasteiger charge is 2.16. The topological polar surface area (TPSA) is 115 Å². The van der Waals surface area contributed by atoms with Gasteiger partial charge in [-0.25, -0.2) is 9.07 Å². The number of carbonyl (C=O) groups is 1. The molecule has 1 amide bonds. The number of hydrogen-bond acceptors (Lipinski definition) is 6. The van der Waals surface area contributed by atoms with E-state index in [4.69, 9.17) is 17.4 Å². The van der Waals surface area contributed by atoms with Crippen LogP contribution in [0.4, 0.5) is 10.1 Å². The van der Waals surface area contributed by atoms with Gasteiger partial charge in [0.1, 0.15) is 11.5 Å². The molecule has 0 aliphatic carbocycles. The molecule has 0 fully saturated rings. The molecule has 2 aromatic carbocycles. The van der Waals surface area contributed by atoms with E-state index in [1.165, 1.54) is 16.8 Å². The van der Waals surface area contributed by atoms with Crippen LogP contribution in [0.1, 0.15) is 0 Å². The van der Waals surface area contributed by atoms with Crippen molar-refractivity contribution < 1.29 is 9.18 Å². The van der Waals surface area contributed by atoms with Crippen LogP contribution in [0.3, 0.4) is 0 Å². The third-order valence-corrected chi connectivity index (χ3v) is 5.24. The van der Waals surface area contributed by atoms with Crippen LogP contribution in [0.5, 0.6) is 0 Å². The molecular formula is C19H15ClFN7OS. The number of thioether (sulfide) groups is 1. The molecule has 0 aliphatic rings. The third-order valence-electron chi connectivity index (χ3n) is 4.06. The molecule has 0 unspecified atom stereocenters. The number of H-pyrrole nitrogens is 1. The van der Waals surface area contributed by atoms with Crippen LogP contribution in [0.15, 0.2) is 59.8 Å². The zero-order chi connectivity index (χ0) is 21.1.